The smallest absolute Gasteiger partial charge is 0.462 e. The first-order valence-electron chi connectivity index (χ1n) is 15.9. The first-order chi connectivity index (χ1) is 20.7. The van der Waals surface area contributed by atoms with E-state index >= 15 is 0 Å². The number of aliphatic hydroxyl groups excluding tert-OH is 2. The molecule has 0 bridgehead atoms. The lowest BCUT2D eigenvalue weighted by atomic mass is 10.1. The van der Waals surface area contributed by atoms with Gasteiger partial charge in [0.1, 0.15) is 12.7 Å². The van der Waals surface area contributed by atoms with Crippen molar-refractivity contribution in [1.29, 1.82) is 0 Å². The quantitative estimate of drug-likeness (QED) is 0.0345. The number of ether oxygens (including phenoxy) is 2. The fourth-order valence-electron chi connectivity index (χ4n) is 3.83. The van der Waals surface area contributed by atoms with E-state index in [2.05, 4.69) is 54.8 Å². The largest absolute Gasteiger partial charge is 0.472 e. The SMILES string of the molecule is CC/C=C\C/C=C\C/C=C\CCCCCCCC(=O)OC(COC(=O)CCCCCCC)COP(=O)(O)OCC(O)CO. The molecule has 3 unspecified atom stereocenters. The number of esters is 2. The lowest BCUT2D eigenvalue weighted by molar-refractivity contribution is -0.161. The van der Waals surface area contributed by atoms with Gasteiger partial charge in [0.25, 0.3) is 0 Å². The molecular weight excluding hydrogens is 575 g/mol. The number of hydrogen-bond acceptors (Lipinski definition) is 9. The molecule has 0 saturated heterocycles. The first-order valence-corrected chi connectivity index (χ1v) is 17.4. The van der Waals surface area contributed by atoms with Gasteiger partial charge in [-0.05, 0) is 44.9 Å². The summed E-state index contributed by atoms with van der Waals surface area (Å²) in [4.78, 5) is 34.4. The normalized spacial score (nSPS) is 14.8. The average molecular weight is 633 g/mol. The minimum atomic E-state index is -4.60. The molecule has 0 rings (SSSR count). The van der Waals surface area contributed by atoms with E-state index < -0.39 is 51.8 Å². The summed E-state index contributed by atoms with van der Waals surface area (Å²) in [5.41, 5.74) is 0. The van der Waals surface area contributed by atoms with E-state index in [0.29, 0.717) is 12.8 Å². The number of carbonyl (C=O) groups excluding carboxylic acids is 2. The Morgan fingerprint density at radius 3 is 1.93 bits per heavy atom. The second-order valence-electron chi connectivity index (χ2n) is 10.5. The molecule has 0 radical (unpaired) electrons. The molecule has 0 amide bonds. The molecule has 0 aliphatic carbocycles. The fraction of sp³-hybridized carbons (Fsp3) is 0.750. The maximum absolute atomic E-state index is 12.4. The van der Waals surface area contributed by atoms with Crippen LogP contribution in [0.1, 0.15) is 117 Å². The minimum absolute atomic E-state index is 0.164. The van der Waals surface area contributed by atoms with E-state index in [1.165, 1.54) is 0 Å². The third-order valence-electron chi connectivity index (χ3n) is 6.31. The summed E-state index contributed by atoms with van der Waals surface area (Å²) >= 11 is 0. The van der Waals surface area contributed by atoms with Gasteiger partial charge in [0, 0.05) is 12.8 Å². The molecule has 0 saturated carbocycles. The lowest BCUT2D eigenvalue weighted by Crippen LogP contribution is -2.29. The van der Waals surface area contributed by atoms with Gasteiger partial charge in [-0.1, -0.05) is 95.2 Å². The van der Waals surface area contributed by atoms with Crippen molar-refractivity contribution < 1.29 is 47.8 Å². The van der Waals surface area contributed by atoms with Gasteiger partial charge in [-0.15, -0.1) is 0 Å². The molecular formula is C32H57O10P. The number of unbranched alkanes of at least 4 members (excludes halogenated alkanes) is 9. The zero-order valence-corrected chi connectivity index (χ0v) is 27.3. The van der Waals surface area contributed by atoms with Gasteiger partial charge in [-0.25, -0.2) is 4.57 Å². The summed E-state index contributed by atoms with van der Waals surface area (Å²) in [5, 5.41) is 18.1. The third kappa shape index (κ3) is 28.7. The van der Waals surface area contributed by atoms with Crippen LogP contribution < -0.4 is 0 Å². The molecule has 0 aliphatic rings. The Bertz CT molecular complexity index is 827. The Labute approximate surface area is 259 Å². The summed E-state index contributed by atoms with van der Waals surface area (Å²) in [6.07, 6.45) is 24.6. The maximum atomic E-state index is 12.4. The van der Waals surface area contributed by atoms with Crippen LogP contribution >= 0.6 is 7.82 Å². The van der Waals surface area contributed by atoms with Gasteiger partial charge in [0.05, 0.1) is 19.8 Å². The van der Waals surface area contributed by atoms with Crippen molar-refractivity contribution in [3.63, 3.8) is 0 Å². The number of hydrogen-bond donors (Lipinski definition) is 3. The molecule has 250 valence electrons. The van der Waals surface area contributed by atoms with Crippen molar-refractivity contribution >= 4 is 19.8 Å². The monoisotopic (exact) mass is 632 g/mol. The number of rotatable bonds is 29. The van der Waals surface area contributed by atoms with Crippen LogP contribution in [0.15, 0.2) is 36.5 Å². The molecule has 3 atom stereocenters. The van der Waals surface area contributed by atoms with Crippen LogP contribution in [0.2, 0.25) is 0 Å². The number of aliphatic hydroxyl groups is 2. The van der Waals surface area contributed by atoms with Crippen molar-refractivity contribution in [2.45, 2.75) is 129 Å². The van der Waals surface area contributed by atoms with Gasteiger partial charge in [0.15, 0.2) is 6.10 Å². The molecule has 0 aromatic carbocycles. The van der Waals surface area contributed by atoms with Crippen LogP contribution in [-0.2, 0) is 32.7 Å². The molecule has 10 nitrogen and oxygen atoms in total. The van der Waals surface area contributed by atoms with Gasteiger partial charge in [0.2, 0.25) is 0 Å². The Balaban J connectivity index is 4.40. The van der Waals surface area contributed by atoms with Crippen LogP contribution in [0.4, 0.5) is 0 Å². The average Bonchev–Trinajstić information content (AvgIpc) is 2.99. The fourth-order valence-corrected chi connectivity index (χ4v) is 4.62. The van der Waals surface area contributed by atoms with Crippen molar-refractivity contribution in [2.24, 2.45) is 0 Å². The highest BCUT2D eigenvalue weighted by Crippen LogP contribution is 2.43. The Hall–Kier alpha value is -1.81. The zero-order chi connectivity index (χ0) is 32.0. The van der Waals surface area contributed by atoms with Crippen molar-refractivity contribution in [1.82, 2.24) is 0 Å². The predicted octanol–water partition coefficient (Wildman–Crippen LogP) is 6.88. The van der Waals surface area contributed by atoms with E-state index in [1.54, 1.807) is 0 Å². The standard InChI is InChI=1S/C32H57O10P/c1-3-5-7-9-10-11-12-13-14-15-16-17-18-20-22-24-32(36)42-30(27-39-31(35)23-21-19-8-6-4-2)28-41-43(37,38)40-26-29(34)25-33/h5,7,10-11,13-14,29-30,33-34H,3-4,6,8-9,12,15-28H2,1-2H3,(H,37,38)/b7-5-,11-10-,14-13-. The van der Waals surface area contributed by atoms with Gasteiger partial charge in [-0.3, -0.25) is 18.6 Å². The summed E-state index contributed by atoms with van der Waals surface area (Å²) in [7, 11) is -4.60. The first kappa shape index (κ1) is 41.2. The van der Waals surface area contributed by atoms with Crippen molar-refractivity contribution in [3.05, 3.63) is 36.5 Å². The Morgan fingerprint density at radius 1 is 0.721 bits per heavy atom. The van der Waals surface area contributed by atoms with E-state index in [9.17, 15) is 24.2 Å². The van der Waals surface area contributed by atoms with Gasteiger partial charge >= 0.3 is 19.8 Å². The van der Waals surface area contributed by atoms with E-state index in [0.717, 1.165) is 77.0 Å². The molecule has 0 heterocycles. The van der Waals surface area contributed by atoms with Crippen molar-refractivity contribution in [3.8, 4) is 0 Å². The second kappa shape index (κ2) is 28.9. The molecule has 11 heteroatoms. The molecule has 0 spiro atoms. The number of phosphoric ester groups is 1. The predicted molar refractivity (Wildman–Crippen MR) is 168 cm³/mol. The summed E-state index contributed by atoms with van der Waals surface area (Å²) in [5.74, 6) is -0.965. The van der Waals surface area contributed by atoms with Crippen LogP contribution in [-0.4, -0.2) is 65.7 Å². The molecule has 0 aliphatic heterocycles. The highest BCUT2D eigenvalue weighted by atomic mass is 31.2. The van der Waals surface area contributed by atoms with Gasteiger partial charge < -0.3 is 24.6 Å². The minimum Gasteiger partial charge on any atom is -0.462 e. The molecule has 3 N–H and O–H groups in total. The maximum Gasteiger partial charge on any atom is 0.472 e. The lowest BCUT2D eigenvalue weighted by Gasteiger charge is -2.20. The molecule has 0 aromatic rings. The topological polar surface area (TPSA) is 149 Å². The second-order valence-corrected chi connectivity index (χ2v) is 11.9. The molecule has 0 fully saturated rings. The third-order valence-corrected chi connectivity index (χ3v) is 7.26. The zero-order valence-electron chi connectivity index (χ0n) is 26.4. The van der Waals surface area contributed by atoms with Crippen LogP contribution in [0.25, 0.3) is 0 Å². The Kier molecular flexibility index (Phi) is 27.7. The highest BCUT2D eigenvalue weighted by molar-refractivity contribution is 7.47. The van der Waals surface area contributed by atoms with E-state index in [4.69, 9.17) is 19.1 Å². The highest BCUT2D eigenvalue weighted by Gasteiger charge is 2.27. The van der Waals surface area contributed by atoms with Crippen LogP contribution in [0.5, 0.6) is 0 Å². The molecule has 43 heavy (non-hydrogen) atoms. The van der Waals surface area contributed by atoms with Gasteiger partial charge in [-0.2, -0.15) is 0 Å². The van der Waals surface area contributed by atoms with E-state index in [1.807, 2.05) is 0 Å². The summed E-state index contributed by atoms with van der Waals surface area (Å²) in [6, 6.07) is 0. The number of allylic oxidation sites excluding steroid dienone is 6. The molecule has 0 aromatic heterocycles. The number of phosphoric acid groups is 1. The van der Waals surface area contributed by atoms with E-state index in [-0.39, 0.29) is 19.4 Å². The van der Waals surface area contributed by atoms with Crippen LogP contribution in [0, 0.1) is 0 Å². The van der Waals surface area contributed by atoms with Crippen molar-refractivity contribution in [2.75, 3.05) is 26.4 Å². The summed E-state index contributed by atoms with van der Waals surface area (Å²) in [6.45, 7) is 2.10. The Morgan fingerprint density at radius 2 is 1.28 bits per heavy atom. The summed E-state index contributed by atoms with van der Waals surface area (Å²) < 4.78 is 32.2. The number of carbonyl (C=O) groups is 2. The van der Waals surface area contributed by atoms with Crippen LogP contribution in [0.3, 0.4) is 0 Å².